The molecule has 2 heteroatoms. The van der Waals surface area contributed by atoms with Gasteiger partial charge in [0, 0.05) is 19.2 Å². The van der Waals surface area contributed by atoms with Gasteiger partial charge in [0.05, 0.1) is 0 Å². The third-order valence-corrected chi connectivity index (χ3v) is 2.00. The highest BCUT2D eigenvalue weighted by Crippen LogP contribution is 2.24. The van der Waals surface area contributed by atoms with Gasteiger partial charge in [0.25, 0.3) is 0 Å². The number of allylic oxidation sites excluding steroid dienone is 1. The second-order valence-corrected chi connectivity index (χ2v) is 2.98. The van der Waals surface area contributed by atoms with Crippen LogP contribution in [0.15, 0.2) is 11.9 Å². The van der Waals surface area contributed by atoms with Crippen LogP contribution in [0.5, 0.6) is 0 Å². The molecule has 2 rings (SSSR count). The molecule has 0 saturated carbocycles. The molecule has 1 aromatic rings. The van der Waals surface area contributed by atoms with E-state index in [1.807, 2.05) is 6.92 Å². The molecule has 0 fully saturated rings. The molecule has 0 aromatic carbocycles. The summed E-state index contributed by atoms with van der Waals surface area (Å²) in [5.41, 5.74) is 3.30. The van der Waals surface area contributed by atoms with Gasteiger partial charge in [-0.2, -0.15) is 0 Å². The average molecular weight is 153 g/mol. The van der Waals surface area contributed by atoms with Crippen LogP contribution in [-0.2, 0) is 6.42 Å². The zero-order valence-electron chi connectivity index (χ0n) is 6.45. The monoisotopic (exact) mass is 153 g/mol. The summed E-state index contributed by atoms with van der Waals surface area (Å²) >= 11 is 0. The van der Waals surface area contributed by atoms with E-state index in [0.29, 0.717) is 6.42 Å². The Bertz CT molecular complexity index is 314. The van der Waals surface area contributed by atoms with E-state index in [-0.39, 0.29) is 7.25 Å². The number of fused-ring (bicyclic) bond motifs is 1. The normalized spacial score (nSPS) is 16.0. The summed E-state index contributed by atoms with van der Waals surface area (Å²) in [6.07, 6.45) is 2.98. The molecule has 1 aromatic heterocycles. The van der Waals surface area contributed by atoms with E-state index >= 15 is 0 Å². The molecule has 0 unspecified atom stereocenters. The Balaban J connectivity index is 0.000000720. The zero-order valence-corrected chi connectivity index (χ0v) is 6.45. The van der Waals surface area contributed by atoms with E-state index < -0.39 is 0 Å². The molecule has 0 aliphatic heterocycles. The molecule has 0 amide bonds. The third-order valence-electron chi connectivity index (χ3n) is 2.00. The summed E-state index contributed by atoms with van der Waals surface area (Å²) in [5.74, 6) is -0.0145. The standard InChI is InChI=1S/C9H10FN.H2/c1-6-4-7-2-3-8(10)5-9(7)11-6;/h4-5,11H,2-3H2,1H3;1H. The van der Waals surface area contributed by atoms with Crippen LogP contribution < -0.4 is 0 Å². The number of aromatic amines is 1. The Hall–Kier alpha value is -1.05. The molecule has 0 bridgehead atoms. The first-order valence-electron chi connectivity index (χ1n) is 3.80. The van der Waals surface area contributed by atoms with Gasteiger partial charge in [-0.05, 0) is 31.1 Å². The van der Waals surface area contributed by atoms with Gasteiger partial charge in [-0.1, -0.05) is 0 Å². The van der Waals surface area contributed by atoms with Gasteiger partial charge in [0.2, 0.25) is 0 Å². The van der Waals surface area contributed by atoms with Crippen molar-refractivity contribution in [2.75, 3.05) is 0 Å². The lowest BCUT2D eigenvalue weighted by Crippen LogP contribution is -1.93. The Kier molecular flexibility index (Phi) is 1.34. The fraction of sp³-hybridized carbons (Fsp3) is 0.333. The molecule has 1 N–H and O–H groups in total. The van der Waals surface area contributed by atoms with Crippen LogP contribution in [-0.4, -0.2) is 4.98 Å². The summed E-state index contributed by atoms with van der Waals surface area (Å²) < 4.78 is 12.7. The van der Waals surface area contributed by atoms with E-state index in [4.69, 9.17) is 0 Å². The van der Waals surface area contributed by atoms with Gasteiger partial charge in [-0.15, -0.1) is 0 Å². The lowest BCUT2D eigenvalue weighted by molar-refractivity contribution is 0.590. The molecule has 60 valence electrons. The minimum atomic E-state index is -0.0145. The van der Waals surface area contributed by atoms with E-state index in [9.17, 15) is 4.39 Å². The molecule has 1 aliphatic carbocycles. The largest absolute Gasteiger partial charge is 0.359 e. The van der Waals surface area contributed by atoms with Crippen molar-refractivity contribution in [2.24, 2.45) is 0 Å². The number of hydrogen-bond acceptors (Lipinski definition) is 0. The molecule has 11 heavy (non-hydrogen) atoms. The van der Waals surface area contributed by atoms with Gasteiger partial charge in [0.1, 0.15) is 5.83 Å². The van der Waals surface area contributed by atoms with Crippen molar-refractivity contribution >= 4 is 6.08 Å². The van der Waals surface area contributed by atoms with E-state index in [2.05, 4.69) is 11.1 Å². The maximum Gasteiger partial charge on any atom is 0.102 e. The van der Waals surface area contributed by atoms with Crippen LogP contribution in [0.4, 0.5) is 4.39 Å². The van der Waals surface area contributed by atoms with Crippen LogP contribution in [0, 0.1) is 6.92 Å². The topological polar surface area (TPSA) is 15.8 Å². The van der Waals surface area contributed by atoms with Crippen LogP contribution in [0.2, 0.25) is 0 Å². The second-order valence-electron chi connectivity index (χ2n) is 2.98. The molecule has 0 spiro atoms. The van der Waals surface area contributed by atoms with E-state index in [1.54, 1.807) is 6.08 Å². The predicted octanol–water partition coefficient (Wildman–Crippen LogP) is 2.83. The van der Waals surface area contributed by atoms with Crippen LogP contribution in [0.1, 0.15) is 24.8 Å². The zero-order chi connectivity index (χ0) is 7.84. The highest BCUT2D eigenvalue weighted by molar-refractivity contribution is 5.55. The lowest BCUT2D eigenvalue weighted by Gasteiger charge is -2.05. The number of H-pyrrole nitrogens is 1. The Morgan fingerprint density at radius 1 is 1.55 bits per heavy atom. The van der Waals surface area contributed by atoms with Gasteiger partial charge >= 0.3 is 0 Å². The quantitative estimate of drug-likeness (QED) is 0.590. The Morgan fingerprint density at radius 3 is 3.18 bits per heavy atom. The molecule has 1 aliphatic rings. The molecular formula is C9H12FN. The highest BCUT2D eigenvalue weighted by Gasteiger charge is 2.11. The van der Waals surface area contributed by atoms with Crippen molar-refractivity contribution in [1.29, 1.82) is 0 Å². The Labute approximate surface area is 66.4 Å². The van der Waals surface area contributed by atoms with Crippen molar-refractivity contribution in [3.05, 3.63) is 28.8 Å². The maximum absolute atomic E-state index is 12.7. The van der Waals surface area contributed by atoms with Crippen LogP contribution >= 0.6 is 0 Å². The van der Waals surface area contributed by atoms with Crippen molar-refractivity contribution in [3.63, 3.8) is 0 Å². The van der Waals surface area contributed by atoms with Gasteiger partial charge in [0.15, 0.2) is 0 Å². The summed E-state index contributed by atoms with van der Waals surface area (Å²) in [6.45, 7) is 1.99. The van der Waals surface area contributed by atoms with Crippen molar-refractivity contribution in [2.45, 2.75) is 19.8 Å². The number of aryl methyl sites for hydroxylation is 2. The first-order valence-corrected chi connectivity index (χ1v) is 3.80. The first-order chi connectivity index (χ1) is 5.25. The molecule has 0 radical (unpaired) electrons. The van der Waals surface area contributed by atoms with Gasteiger partial charge in [-0.3, -0.25) is 0 Å². The minimum absolute atomic E-state index is 0. The van der Waals surface area contributed by atoms with Crippen molar-refractivity contribution in [3.8, 4) is 0 Å². The summed E-state index contributed by atoms with van der Waals surface area (Å²) in [4.78, 5) is 3.11. The second kappa shape index (κ2) is 2.22. The number of rotatable bonds is 0. The summed E-state index contributed by atoms with van der Waals surface area (Å²) in [7, 11) is 0. The fourth-order valence-corrected chi connectivity index (χ4v) is 1.49. The molecule has 0 atom stereocenters. The maximum atomic E-state index is 12.7. The fourth-order valence-electron chi connectivity index (χ4n) is 1.49. The van der Waals surface area contributed by atoms with E-state index in [1.165, 1.54) is 5.56 Å². The molecule has 1 nitrogen and oxygen atoms in total. The highest BCUT2D eigenvalue weighted by atomic mass is 19.1. The first kappa shape index (κ1) is 6.65. The van der Waals surface area contributed by atoms with Gasteiger partial charge < -0.3 is 4.98 Å². The predicted molar refractivity (Wildman–Crippen MR) is 45.0 cm³/mol. The number of hydrogen-bond donors (Lipinski definition) is 1. The smallest absolute Gasteiger partial charge is 0.102 e. The number of aromatic nitrogens is 1. The minimum Gasteiger partial charge on any atom is -0.359 e. The SMILES string of the molecule is Cc1cc2c([nH]1)C=C(F)CC2.[HH]. The summed E-state index contributed by atoms with van der Waals surface area (Å²) in [5, 5.41) is 0. The lowest BCUT2D eigenvalue weighted by atomic mass is 10.0. The van der Waals surface area contributed by atoms with Crippen LogP contribution in [0.3, 0.4) is 0 Å². The number of halogens is 1. The van der Waals surface area contributed by atoms with Gasteiger partial charge in [-0.25, -0.2) is 4.39 Å². The number of nitrogens with one attached hydrogen (secondary N) is 1. The summed E-state index contributed by atoms with van der Waals surface area (Å²) in [6, 6.07) is 2.08. The average Bonchev–Trinajstić information content (AvgIpc) is 2.27. The van der Waals surface area contributed by atoms with E-state index in [0.717, 1.165) is 17.8 Å². The third kappa shape index (κ3) is 1.09. The Morgan fingerprint density at radius 2 is 2.36 bits per heavy atom. The molecule has 0 saturated heterocycles. The molecular weight excluding hydrogens is 141 g/mol. The molecule has 1 heterocycles. The van der Waals surface area contributed by atoms with Crippen LogP contribution in [0.25, 0.3) is 6.08 Å². The van der Waals surface area contributed by atoms with Crippen molar-refractivity contribution in [1.82, 2.24) is 4.98 Å². The van der Waals surface area contributed by atoms with Crippen molar-refractivity contribution < 1.29 is 5.82 Å².